The van der Waals surface area contributed by atoms with E-state index in [1.165, 1.54) is 0 Å². The zero-order valence-corrected chi connectivity index (χ0v) is 9.71. The van der Waals surface area contributed by atoms with E-state index in [9.17, 15) is 0 Å². The quantitative estimate of drug-likeness (QED) is 0.733. The maximum absolute atomic E-state index is 4.41. The molecule has 3 nitrogen and oxygen atoms in total. The Morgan fingerprint density at radius 3 is 2.53 bits per heavy atom. The number of pyridine rings is 2. The molecule has 0 aliphatic heterocycles. The lowest BCUT2D eigenvalue weighted by Crippen LogP contribution is -2.24. The summed E-state index contributed by atoms with van der Waals surface area (Å²) in [6.45, 7) is 8.99. The van der Waals surface area contributed by atoms with Crippen LogP contribution in [-0.4, -0.2) is 23.1 Å². The van der Waals surface area contributed by atoms with E-state index in [4.69, 9.17) is 0 Å². The Bertz CT molecular complexity index is 518. The first-order valence-electron chi connectivity index (χ1n) is 5.53. The summed E-state index contributed by atoms with van der Waals surface area (Å²) in [5.74, 6) is 0.878. The molecule has 0 radical (unpaired) electrons. The molecule has 2 heterocycles. The van der Waals surface area contributed by atoms with Gasteiger partial charge < -0.3 is 4.90 Å². The summed E-state index contributed by atoms with van der Waals surface area (Å²) in [5, 5.41) is 1.09. The second-order valence-electron chi connectivity index (χ2n) is 3.69. The monoisotopic (exact) mass is 225 g/mol. The van der Waals surface area contributed by atoms with Gasteiger partial charge in [-0.05, 0) is 12.1 Å². The van der Waals surface area contributed by atoms with Crippen molar-refractivity contribution in [2.24, 2.45) is 0 Å². The normalized spacial score (nSPS) is 10.1. The number of hydrogen-bond donors (Lipinski definition) is 0. The summed E-state index contributed by atoms with van der Waals surface area (Å²) in [7, 11) is 0. The van der Waals surface area contributed by atoms with Crippen molar-refractivity contribution in [2.75, 3.05) is 18.0 Å². The SMILES string of the molecule is C=CCN(CC=C)c1nccc2cccnc12. The Morgan fingerprint density at radius 2 is 1.82 bits per heavy atom. The van der Waals surface area contributed by atoms with Crippen LogP contribution in [0.15, 0.2) is 55.9 Å². The van der Waals surface area contributed by atoms with E-state index in [1.807, 2.05) is 30.4 Å². The molecule has 2 rings (SSSR count). The summed E-state index contributed by atoms with van der Waals surface area (Å²) in [6, 6.07) is 5.93. The van der Waals surface area contributed by atoms with Gasteiger partial charge in [0, 0.05) is 30.9 Å². The highest BCUT2D eigenvalue weighted by Gasteiger charge is 2.09. The number of fused-ring (bicyclic) bond motifs is 1. The number of hydrogen-bond acceptors (Lipinski definition) is 3. The van der Waals surface area contributed by atoms with Crippen LogP contribution in [0, 0.1) is 0 Å². The first-order chi connectivity index (χ1) is 8.36. The molecule has 0 aliphatic rings. The van der Waals surface area contributed by atoms with Gasteiger partial charge in [0.1, 0.15) is 5.52 Å². The Balaban J connectivity index is 2.51. The van der Waals surface area contributed by atoms with Crippen molar-refractivity contribution in [3.05, 3.63) is 55.9 Å². The molecule has 86 valence electrons. The van der Waals surface area contributed by atoms with Crippen LogP contribution >= 0.6 is 0 Å². The van der Waals surface area contributed by atoms with Gasteiger partial charge in [-0.2, -0.15) is 0 Å². The molecular formula is C14H15N3. The van der Waals surface area contributed by atoms with Crippen LogP contribution in [0.4, 0.5) is 5.82 Å². The van der Waals surface area contributed by atoms with Gasteiger partial charge in [0.2, 0.25) is 0 Å². The molecule has 0 N–H and O–H groups in total. The summed E-state index contributed by atoms with van der Waals surface area (Å²) in [6.07, 6.45) is 7.30. The van der Waals surface area contributed by atoms with Gasteiger partial charge in [-0.1, -0.05) is 18.2 Å². The van der Waals surface area contributed by atoms with E-state index in [0.29, 0.717) is 0 Å². The highest BCUT2D eigenvalue weighted by molar-refractivity contribution is 5.88. The smallest absolute Gasteiger partial charge is 0.155 e. The minimum Gasteiger partial charge on any atom is -0.347 e. The largest absolute Gasteiger partial charge is 0.347 e. The van der Waals surface area contributed by atoms with Crippen LogP contribution in [0.25, 0.3) is 10.9 Å². The molecule has 2 aromatic heterocycles. The summed E-state index contributed by atoms with van der Waals surface area (Å²) in [4.78, 5) is 10.9. The lowest BCUT2D eigenvalue weighted by molar-refractivity contribution is 0.931. The lowest BCUT2D eigenvalue weighted by Gasteiger charge is -2.21. The average Bonchev–Trinajstić information content (AvgIpc) is 2.38. The Morgan fingerprint density at radius 1 is 1.06 bits per heavy atom. The Hall–Kier alpha value is -2.16. The maximum atomic E-state index is 4.41. The molecule has 0 atom stereocenters. The van der Waals surface area contributed by atoms with Crippen LogP contribution in [0.3, 0.4) is 0 Å². The van der Waals surface area contributed by atoms with Crippen LogP contribution < -0.4 is 4.90 Å². The average molecular weight is 225 g/mol. The Labute approximate surface area is 101 Å². The van der Waals surface area contributed by atoms with Gasteiger partial charge in [-0.25, -0.2) is 4.98 Å². The molecule has 0 unspecified atom stereocenters. The van der Waals surface area contributed by atoms with Crippen LogP contribution in [0.1, 0.15) is 0 Å². The van der Waals surface area contributed by atoms with E-state index in [1.54, 1.807) is 12.4 Å². The van der Waals surface area contributed by atoms with E-state index >= 15 is 0 Å². The van der Waals surface area contributed by atoms with Gasteiger partial charge in [-0.3, -0.25) is 4.98 Å². The van der Waals surface area contributed by atoms with Crippen molar-refractivity contribution >= 4 is 16.7 Å². The number of anilines is 1. The molecule has 0 amide bonds. The minimum atomic E-state index is 0.731. The molecule has 17 heavy (non-hydrogen) atoms. The van der Waals surface area contributed by atoms with Crippen molar-refractivity contribution in [1.29, 1.82) is 0 Å². The lowest BCUT2D eigenvalue weighted by atomic mass is 10.2. The molecule has 2 aromatic rings. The molecule has 0 fully saturated rings. The standard InChI is InChI=1S/C14H15N3/c1-3-10-17(11-4-2)14-13-12(7-9-16-14)6-5-8-15-13/h3-9H,1-2,10-11H2. The van der Waals surface area contributed by atoms with Crippen molar-refractivity contribution in [1.82, 2.24) is 9.97 Å². The molecule has 0 saturated heterocycles. The van der Waals surface area contributed by atoms with E-state index in [2.05, 4.69) is 28.0 Å². The highest BCUT2D eigenvalue weighted by Crippen LogP contribution is 2.21. The van der Waals surface area contributed by atoms with Gasteiger partial charge in [0.05, 0.1) is 0 Å². The topological polar surface area (TPSA) is 29.0 Å². The molecule has 3 heteroatoms. The second-order valence-corrected chi connectivity index (χ2v) is 3.69. The third kappa shape index (κ3) is 2.33. The summed E-state index contributed by atoms with van der Waals surface area (Å²) in [5.41, 5.74) is 0.915. The van der Waals surface area contributed by atoms with Gasteiger partial charge >= 0.3 is 0 Å². The summed E-state index contributed by atoms with van der Waals surface area (Å²) < 4.78 is 0. The predicted octanol–water partition coefficient (Wildman–Crippen LogP) is 2.81. The number of nitrogens with zero attached hydrogens (tertiary/aromatic N) is 3. The van der Waals surface area contributed by atoms with Gasteiger partial charge in [-0.15, -0.1) is 13.2 Å². The molecule has 0 spiro atoms. The highest BCUT2D eigenvalue weighted by atomic mass is 15.2. The minimum absolute atomic E-state index is 0.731. The molecule has 0 aromatic carbocycles. The van der Waals surface area contributed by atoms with Crippen molar-refractivity contribution < 1.29 is 0 Å². The predicted molar refractivity (Wildman–Crippen MR) is 72.1 cm³/mol. The third-order valence-electron chi connectivity index (χ3n) is 2.50. The van der Waals surface area contributed by atoms with Gasteiger partial charge in [0.15, 0.2) is 5.82 Å². The fourth-order valence-electron chi connectivity index (χ4n) is 1.78. The second kappa shape index (κ2) is 5.25. The van der Waals surface area contributed by atoms with Crippen molar-refractivity contribution in [2.45, 2.75) is 0 Å². The molecule has 0 bridgehead atoms. The maximum Gasteiger partial charge on any atom is 0.155 e. The summed E-state index contributed by atoms with van der Waals surface area (Å²) >= 11 is 0. The van der Waals surface area contributed by atoms with E-state index in [0.717, 1.165) is 29.8 Å². The molecular weight excluding hydrogens is 210 g/mol. The molecule has 0 saturated carbocycles. The van der Waals surface area contributed by atoms with Crippen molar-refractivity contribution in [3.8, 4) is 0 Å². The number of aromatic nitrogens is 2. The first-order valence-corrected chi connectivity index (χ1v) is 5.53. The third-order valence-corrected chi connectivity index (χ3v) is 2.50. The van der Waals surface area contributed by atoms with Crippen LogP contribution in [0.5, 0.6) is 0 Å². The molecule has 0 aliphatic carbocycles. The fourth-order valence-corrected chi connectivity index (χ4v) is 1.78. The zero-order chi connectivity index (χ0) is 12.1. The Kier molecular flexibility index (Phi) is 3.50. The van der Waals surface area contributed by atoms with Crippen LogP contribution in [-0.2, 0) is 0 Å². The van der Waals surface area contributed by atoms with Crippen LogP contribution in [0.2, 0.25) is 0 Å². The fraction of sp³-hybridized carbons (Fsp3) is 0.143. The first kappa shape index (κ1) is 11.3. The van der Waals surface area contributed by atoms with E-state index in [-0.39, 0.29) is 0 Å². The zero-order valence-electron chi connectivity index (χ0n) is 9.71. The number of rotatable bonds is 5. The van der Waals surface area contributed by atoms with Crippen molar-refractivity contribution in [3.63, 3.8) is 0 Å². The van der Waals surface area contributed by atoms with E-state index < -0.39 is 0 Å². The van der Waals surface area contributed by atoms with Gasteiger partial charge in [0.25, 0.3) is 0 Å².